The Bertz CT molecular complexity index is 587. The minimum absolute atomic E-state index is 0.00934. The van der Waals surface area contributed by atoms with Crippen LogP contribution in [-0.4, -0.2) is 15.0 Å². The van der Waals surface area contributed by atoms with E-state index in [1.165, 1.54) is 6.07 Å². The van der Waals surface area contributed by atoms with E-state index in [-0.39, 0.29) is 16.8 Å². The molecule has 0 spiro atoms. The molecule has 0 aliphatic carbocycles. The topological polar surface area (TPSA) is 90.7 Å². The summed E-state index contributed by atoms with van der Waals surface area (Å²) in [6, 6.07) is 1.69. The summed E-state index contributed by atoms with van der Waals surface area (Å²) in [6.45, 7) is 0. The maximum absolute atomic E-state index is 13.3. The first-order chi connectivity index (χ1) is 8.45. The molecule has 2 aromatic rings. The van der Waals surface area contributed by atoms with Gasteiger partial charge in [-0.15, -0.1) is 0 Å². The third-order valence-corrected chi connectivity index (χ3v) is 2.63. The lowest BCUT2D eigenvalue weighted by atomic mass is 10.4. The molecule has 5 nitrogen and oxygen atoms in total. The van der Waals surface area contributed by atoms with E-state index >= 15 is 0 Å². The van der Waals surface area contributed by atoms with Gasteiger partial charge in [-0.1, -0.05) is 0 Å². The number of aromatic nitrogens is 3. The minimum Gasteiger partial charge on any atom is -0.383 e. The van der Waals surface area contributed by atoms with Crippen molar-refractivity contribution < 1.29 is 13.2 Å². The van der Waals surface area contributed by atoms with Crippen molar-refractivity contribution in [1.29, 1.82) is 0 Å². The van der Waals surface area contributed by atoms with E-state index in [2.05, 4.69) is 15.0 Å². The molecule has 0 bridgehead atoms. The van der Waals surface area contributed by atoms with E-state index in [0.29, 0.717) is 17.8 Å². The van der Waals surface area contributed by atoms with Crippen LogP contribution in [0.4, 0.5) is 24.8 Å². The number of nitrogen functional groups attached to an aromatic ring is 2. The number of pyridine rings is 1. The second-order valence-electron chi connectivity index (χ2n) is 3.15. The predicted octanol–water partition coefficient (Wildman–Crippen LogP) is 1.60. The second-order valence-corrected chi connectivity index (χ2v) is 4.11. The van der Waals surface area contributed by atoms with Crippen LogP contribution >= 0.6 is 11.8 Å². The van der Waals surface area contributed by atoms with Gasteiger partial charge in [-0.25, -0.2) is 23.7 Å². The monoisotopic (exact) mass is 273 g/mol. The third kappa shape index (κ3) is 2.62. The number of hydrogen-bond acceptors (Lipinski definition) is 6. The average Bonchev–Trinajstić information content (AvgIpc) is 2.24. The zero-order chi connectivity index (χ0) is 13.3. The van der Waals surface area contributed by atoms with Gasteiger partial charge >= 0.3 is 0 Å². The van der Waals surface area contributed by atoms with Crippen molar-refractivity contribution in [2.75, 3.05) is 11.5 Å². The molecule has 0 atom stereocenters. The van der Waals surface area contributed by atoms with E-state index in [0.717, 1.165) is 0 Å². The highest BCUT2D eigenvalue weighted by atomic mass is 32.2. The van der Waals surface area contributed by atoms with Crippen molar-refractivity contribution in [3.8, 4) is 0 Å². The summed E-state index contributed by atoms with van der Waals surface area (Å²) < 4.78 is 38.8. The standard InChI is InChI=1S/C9H6F3N5S/c10-3-1-4(11)8(17-7(3)12)18-9-15-5(13)2-6(14)16-9/h1-2H,(H4,13,14,15,16). The third-order valence-electron chi connectivity index (χ3n) is 1.79. The lowest BCUT2D eigenvalue weighted by molar-refractivity contribution is 0.448. The van der Waals surface area contributed by atoms with Gasteiger partial charge in [-0.3, -0.25) is 0 Å². The van der Waals surface area contributed by atoms with Crippen LogP contribution < -0.4 is 11.5 Å². The summed E-state index contributed by atoms with van der Waals surface area (Å²) >= 11 is 0.590. The first-order valence-corrected chi connectivity index (χ1v) is 5.37. The molecule has 0 fully saturated rings. The van der Waals surface area contributed by atoms with Gasteiger partial charge in [0.15, 0.2) is 16.8 Å². The fourth-order valence-corrected chi connectivity index (χ4v) is 1.85. The molecule has 0 aliphatic rings. The van der Waals surface area contributed by atoms with E-state index in [4.69, 9.17) is 11.5 Å². The smallest absolute Gasteiger partial charge is 0.250 e. The molecule has 18 heavy (non-hydrogen) atoms. The number of nitrogens with zero attached hydrogens (tertiary/aromatic N) is 3. The molecule has 9 heteroatoms. The fraction of sp³-hybridized carbons (Fsp3) is 0. The van der Waals surface area contributed by atoms with Crippen molar-refractivity contribution in [3.05, 3.63) is 29.7 Å². The summed E-state index contributed by atoms with van der Waals surface area (Å²) in [5.41, 5.74) is 10.8. The van der Waals surface area contributed by atoms with Crippen LogP contribution in [0.2, 0.25) is 0 Å². The van der Waals surface area contributed by atoms with Crippen LogP contribution in [0.1, 0.15) is 0 Å². The first-order valence-electron chi connectivity index (χ1n) is 4.55. The maximum atomic E-state index is 13.3. The van der Waals surface area contributed by atoms with E-state index in [9.17, 15) is 13.2 Å². The number of hydrogen-bond donors (Lipinski definition) is 2. The normalized spacial score (nSPS) is 10.6. The molecule has 4 N–H and O–H groups in total. The quantitative estimate of drug-likeness (QED) is 0.638. The zero-order valence-corrected chi connectivity index (χ0v) is 9.51. The number of halogens is 3. The van der Waals surface area contributed by atoms with Gasteiger partial charge in [0.05, 0.1) is 0 Å². The summed E-state index contributed by atoms with van der Waals surface area (Å²) in [5, 5.41) is -0.413. The summed E-state index contributed by atoms with van der Waals surface area (Å²) in [5.74, 6) is -3.65. The van der Waals surface area contributed by atoms with Gasteiger partial charge in [-0.05, 0) is 11.8 Å². The van der Waals surface area contributed by atoms with Gasteiger partial charge in [0.25, 0.3) is 0 Å². The molecule has 0 amide bonds. The van der Waals surface area contributed by atoms with Crippen molar-refractivity contribution in [2.45, 2.75) is 10.2 Å². The van der Waals surface area contributed by atoms with Crippen molar-refractivity contribution >= 4 is 23.4 Å². The van der Waals surface area contributed by atoms with Crippen LogP contribution in [0.3, 0.4) is 0 Å². The fourth-order valence-electron chi connectivity index (χ4n) is 1.09. The summed E-state index contributed by atoms with van der Waals surface area (Å²) in [4.78, 5) is 10.6. The van der Waals surface area contributed by atoms with Gasteiger partial charge in [0, 0.05) is 12.1 Å². The van der Waals surface area contributed by atoms with Crippen molar-refractivity contribution in [3.63, 3.8) is 0 Å². The van der Waals surface area contributed by atoms with Gasteiger partial charge in [0.2, 0.25) is 5.95 Å². The number of nitrogens with two attached hydrogens (primary N) is 2. The van der Waals surface area contributed by atoms with Gasteiger partial charge < -0.3 is 11.5 Å². The summed E-state index contributed by atoms with van der Waals surface area (Å²) in [7, 11) is 0. The van der Waals surface area contributed by atoms with Gasteiger partial charge in [0.1, 0.15) is 16.7 Å². The largest absolute Gasteiger partial charge is 0.383 e. The molecule has 0 unspecified atom stereocenters. The highest BCUT2D eigenvalue weighted by Crippen LogP contribution is 2.27. The van der Waals surface area contributed by atoms with Crippen molar-refractivity contribution in [2.24, 2.45) is 0 Å². The van der Waals surface area contributed by atoms with E-state index in [1.807, 2.05) is 0 Å². The van der Waals surface area contributed by atoms with E-state index in [1.54, 1.807) is 0 Å². The Labute approximate surface area is 103 Å². The van der Waals surface area contributed by atoms with Gasteiger partial charge in [-0.2, -0.15) is 4.39 Å². The molecule has 2 aromatic heterocycles. The highest BCUT2D eigenvalue weighted by Gasteiger charge is 2.14. The lowest BCUT2D eigenvalue weighted by Crippen LogP contribution is -2.01. The average molecular weight is 273 g/mol. The van der Waals surface area contributed by atoms with Crippen molar-refractivity contribution in [1.82, 2.24) is 15.0 Å². The lowest BCUT2D eigenvalue weighted by Gasteiger charge is -2.03. The first kappa shape index (κ1) is 12.4. The molecular formula is C9H6F3N5S. The summed E-state index contributed by atoms with van der Waals surface area (Å²) in [6.07, 6.45) is 0. The molecule has 0 aliphatic heterocycles. The Morgan fingerprint density at radius 3 is 2.11 bits per heavy atom. The minimum atomic E-state index is -1.41. The Morgan fingerprint density at radius 2 is 1.50 bits per heavy atom. The Kier molecular flexibility index (Phi) is 3.24. The predicted molar refractivity (Wildman–Crippen MR) is 59.1 cm³/mol. The highest BCUT2D eigenvalue weighted by molar-refractivity contribution is 7.99. The molecule has 94 valence electrons. The van der Waals surface area contributed by atoms with Crippen LogP contribution in [0, 0.1) is 17.6 Å². The van der Waals surface area contributed by atoms with Crippen LogP contribution in [-0.2, 0) is 0 Å². The van der Waals surface area contributed by atoms with Crippen LogP contribution in [0.25, 0.3) is 0 Å². The molecule has 0 radical (unpaired) electrons. The molecule has 2 heterocycles. The molecule has 2 rings (SSSR count). The molecule has 0 aromatic carbocycles. The Morgan fingerprint density at radius 1 is 0.889 bits per heavy atom. The van der Waals surface area contributed by atoms with Crippen LogP contribution in [0.5, 0.6) is 0 Å². The van der Waals surface area contributed by atoms with E-state index < -0.39 is 22.6 Å². The maximum Gasteiger partial charge on any atom is 0.250 e. The van der Waals surface area contributed by atoms with Crippen LogP contribution in [0.15, 0.2) is 22.3 Å². The molecule has 0 saturated heterocycles. The SMILES string of the molecule is Nc1cc(N)nc(Sc2nc(F)c(F)cc2F)n1. The molecule has 0 saturated carbocycles. The Hall–Kier alpha value is -2.03. The number of rotatable bonds is 2. The second kappa shape index (κ2) is 4.69. The Balaban J connectivity index is 2.36. The zero-order valence-electron chi connectivity index (χ0n) is 8.69. The molecular weight excluding hydrogens is 267 g/mol. The number of anilines is 2.